The molecular weight excluding hydrogens is 427 g/mol. The first-order valence-corrected chi connectivity index (χ1v) is 10.5. The molecule has 0 bridgehead atoms. The van der Waals surface area contributed by atoms with Crippen molar-refractivity contribution in [2.24, 2.45) is 5.73 Å². The third-order valence-corrected chi connectivity index (χ3v) is 6.06. The van der Waals surface area contributed by atoms with Crippen LogP contribution in [-0.2, 0) is 4.79 Å². The Bertz CT molecular complexity index is 944. The van der Waals surface area contributed by atoms with Gasteiger partial charge in [0.05, 0.1) is 0 Å². The lowest BCUT2D eigenvalue weighted by molar-refractivity contribution is -0.192. The van der Waals surface area contributed by atoms with Crippen LogP contribution in [0.4, 0.5) is 13.2 Å². The molecule has 0 radical (unpaired) electrons. The van der Waals surface area contributed by atoms with E-state index in [4.69, 9.17) is 15.6 Å². The van der Waals surface area contributed by atoms with Gasteiger partial charge in [-0.05, 0) is 63.4 Å². The number of carboxylic acid groups (broad SMARTS) is 1. The van der Waals surface area contributed by atoms with Gasteiger partial charge >= 0.3 is 12.1 Å². The number of nitrogens with two attached hydrogens (primary N) is 1. The van der Waals surface area contributed by atoms with Crippen LogP contribution < -0.4 is 5.73 Å². The number of alkyl halides is 3. The number of imidazole rings is 1. The largest absolute Gasteiger partial charge is 0.490 e. The number of pyridine rings is 1. The second-order valence-corrected chi connectivity index (χ2v) is 8.40. The first kappa shape index (κ1) is 24.0. The molecule has 2 aromatic heterocycles. The van der Waals surface area contributed by atoms with Crippen LogP contribution in [0.5, 0.6) is 0 Å². The monoisotopic (exact) mass is 455 g/mol. The highest BCUT2D eigenvalue weighted by Crippen LogP contribution is 2.22. The van der Waals surface area contributed by atoms with Crippen LogP contribution in [0.15, 0.2) is 18.5 Å². The minimum Gasteiger partial charge on any atom is -0.475 e. The molecular formula is C21H28F3N5O3. The van der Waals surface area contributed by atoms with E-state index in [1.807, 2.05) is 27.8 Å². The molecule has 1 amide bonds. The second-order valence-electron chi connectivity index (χ2n) is 8.40. The molecule has 2 fully saturated rings. The summed E-state index contributed by atoms with van der Waals surface area (Å²) < 4.78 is 33.7. The summed E-state index contributed by atoms with van der Waals surface area (Å²) in [6.45, 7) is 7.88. The maximum Gasteiger partial charge on any atom is 0.490 e. The molecule has 4 heterocycles. The van der Waals surface area contributed by atoms with Crippen molar-refractivity contribution in [3.63, 3.8) is 0 Å². The van der Waals surface area contributed by atoms with Gasteiger partial charge < -0.3 is 20.1 Å². The van der Waals surface area contributed by atoms with Gasteiger partial charge in [0.2, 0.25) is 0 Å². The number of carbonyl (C=O) groups is 2. The molecule has 1 atom stereocenters. The number of likely N-dealkylation sites (tertiary alicyclic amines) is 2. The van der Waals surface area contributed by atoms with Gasteiger partial charge in [0.25, 0.3) is 5.91 Å². The zero-order valence-electron chi connectivity index (χ0n) is 18.1. The van der Waals surface area contributed by atoms with Crippen LogP contribution >= 0.6 is 0 Å². The SMILES string of the molecule is Cc1cc2nc(C(=O)N3CCC(N4CCC(N)CC4)C3)cn2cc1C.O=C(O)C(F)(F)F. The summed E-state index contributed by atoms with van der Waals surface area (Å²) >= 11 is 0. The van der Waals surface area contributed by atoms with Crippen molar-refractivity contribution in [2.75, 3.05) is 26.2 Å². The van der Waals surface area contributed by atoms with Crippen molar-refractivity contribution < 1.29 is 27.9 Å². The van der Waals surface area contributed by atoms with Crippen molar-refractivity contribution in [1.29, 1.82) is 0 Å². The number of halogens is 3. The minimum atomic E-state index is -5.08. The fourth-order valence-electron chi connectivity index (χ4n) is 4.01. The summed E-state index contributed by atoms with van der Waals surface area (Å²) in [5.74, 6) is -2.71. The third-order valence-electron chi connectivity index (χ3n) is 6.06. The average molecular weight is 455 g/mol. The highest BCUT2D eigenvalue weighted by atomic mass is 19.4. The number of carboxylic acids is 1. The molecule has 4 rings (SSSR count). The summed E-state index contributed by atoms with van der Waals surface area (Å²) in [7, 11) is 0. The van der Waals surface area contributed by atoms with Crippen LogP contribution in [0, 0.1) is 13.8 Å². The Kier molecular flexibility index (Phi) is 7.09. The summed E-state index contributed by atoms with van der Waals surface area (Å²) in [4.78, 5) is 30.8. The standard InChI is InChI=1S/C19H27N5O.C2HF3O2/c1-13-9-18-21-17(12-24(18)10-14(13)2)19(25)23-8-5-16(11-23)22-6-3-15(20)4-7-22;3-2(4,5)1(6)7/h9-10,12,15-16H,3-8,11,20H2,1-2H3;(H,6,7). The molecule has 2 aromatic rings. The van der Waals surface area contributed by atoms with E-state index in [1.54, 1.807) is 0 Å². The van der Waals surface area contributed by atoms with Crippen LogP contribution in [0.1, 0.15) is 40.9 Å². The topological polar surface area (TPSA) is 104 Å². The third kappa shape index (κ3) is 5.57. The van der Waals surface area contributed by atoms with Crippen LogP contribution in [0.3, 0.4) is 0 Å². The van der Waals surface area contributed by atoms with Gasteiger partial charge in [0.1, 0.15) is 11.3 Å². The summed E-state index contributed by atoms with van der Waals surface area (Å²) in [5.41, 5.74) is 9.79. The van der Waals surface area contributed by atoms with Crippen LogP contribution in [0.25, 0.3) is 5.65 Å². The van der Waals surface area contributed by atoms with E-state index in [0.717, 1.165) is 51.1 Å². The minimum absolute atomic E-state index is 0.0511. The van der Waals surface area contributed by atoms with Crippen molar-refractivity contribution in [2.45, 2.75) is 51.4 Å². The first-order chi connectivity index (χ1) is 15.0. The molecule has 0 saturated carbocycles. The fourth-order valence-corrected chi connectivity index (χ4v) is 4.01. The van der Waals surface area contributed by atoms with Crippen molar-refractivity contribution >= 4 is 17.5 Å². The number of aromatic nitrogens is 2. The lowest BCUT2D eigenvalue weighted by atomic mass is 10.0. The van der Waals surface area contributed by atoms with E-state index < -0.39 is 12.1 Å². The lowest BCUT2D eigenvalue weighted by Gasteiger charge is -2.34. The maximum atomic E-state index is 12.9. The van der Waals surface area contributed by atoms with E-state index in [0.29, 0.717) is 17.8 Å². The molecule has 8 nitrogen and oxygen atoms in total. The molecule has 1 unspecified atom stereocenters. The second kappa shape index (κ2) is 9.45. The van der Waals surface area contributed by atoms with Gasteiger partial charge in [-0.3, -0.25) is 9.69 Å². The van der Waals surface area contributed by atoms with Gasteiger partial charge in [-0.1, -0.05) is 0 Å². The van der Waals surface area contributed by atoms with Gasteiger partial charge in [0, 0.05) is 37.6 Å². The first-order valence-electron chi connectivity index (χ1n) is 10.5. The van der Waals surface area contributed by atoms with E-state index in [-0.39, 0.29) is 5.91 Å². The van der Waals surface area contributed by atoms with E-state index in [2.05, 4.69) is 23.7 Å². The number of nitrogens with zero attached hydrogens (tertiary/aromatic N) is 4. The predicted molar refractivity (Wildman–Crippen MR) is 111 cm³/mol. The lowest BCUT2D eigenvalue weighted by Crippen LogP contribution is -2.46. The molecule has 32 heavy (non-hydrogen) atoms. The number of amides is 1. The van der Waals surface area contributed by atoms with Crippen LogP contribution in [-0.4, -0.2) is 80.6 Å². The molecule has 0 spiro atoms. The van der Waals surface area contributed by atoms with E-state index >= 15 is 0 Å². The number of hydrogen-bond donors (Lipinski definition) is 2. The van der Waals surface area contributed by atoms with Crippen molar-refractivity contribution in [3.05, 3.63) is 35.3 Å². The Balaban J connectivity index is 0.000000360. The normalized spacial score (nSPS) is 20.3. The number of carbonyl (C=O) groups excluding carboxylic acids is 1. The van der Waals surface area contributed by atoms with Gasteiger partial charge in [-0.15, -0.1) is 0 Å². The Labute approximate surface area is 183 Å². The molecule has 2 aliphatic heterocycles. The Morgan fingerprint density at radius 2 is 1.72 bits per heavy atom. The number of rotatable bonds is 2. The number of fused-ring (bicyclic) bond motifs is 1. The zero-order valence-corrected chi connectivity index (χ0v) is 18.1. The number of aryl methyl sites for hydroxylation is 2. The number of piperidine rings is 1. The predicted octanol–water partition coefficient (Wildman–Crippen LogP) is 2.22. The summed E-state index contributed by atoms with van der Waals surface area (Å²) in [6.07, 6.45) is 1.99. The zero-order chi connectivity index (χ0) is 23.6. The summed E-state index contributed by atoms with van der Waals surface area (Å²) in [5, 5.41) is 7.12. The molecule has 0 aliphatic carbocycles. The van der Waals surface area contributed by atoms with Crippen LogP contribution in [0.2, 0.25) is 0 Å². The fraction of sp³-hybridized carbons (Fsp3) is 0.571. The van der Waals surface area contributed by atoms with Gasteiger partial charge in [-0.2, -0.15) is 13.2 Å². The van der Waals surface area contributed by atoms with Gasteiger partial charge in [-0.25, -0.2) is 9.78 Å². The number of aliphatic carboxylic acids is 1. The van der Waals surface area contributed by atoms with Crippen molar-refractivity contribution in [1.82, 2.24) is 19.2 Å². The maximum absolute atomic E-state index is 12.9. The van der Waals surface area contributed by atoms with Gasteiger partial charge in [0.15, 0.2) is 0 Å². The molecule has 11 heteroatoms. The molecule has 176 valence electrons. The quantitative estimate of drug-likeness (QED) is 0.720. The molecule has 3 N–H and O–H groups in total. The highest BCUT2D eigenvalue weighted by Gasteiger charge is 2.38. The van der Waals surface area contributed by atoms with E-state index in [9.17, 15) is 18.0 Å². The average Bonchev–Trinajstić information content (AvgIpc) is 3.35. The Morgan fingerprint density at radius 1 is 1.09 bits per heavy atom. The molecule has 0 aromatic carbocycles. The summed E-state index contributed by atoms with van der Waals surface area (Å²) in [6, 6.07) is 2.86. The molecule has 2 saturated heterocycles. The van der Waals surface area contributed by atoms with E-state index in [1.165, 1.54) is 11.1 Å². The Morgan fingerprint density at radius 3 is 2.31 bits per heavy atom. The highest BCUT2D eigenvalue weighted by molar-refractivity contribution is 5.93. The number of hydrogen-bond acceptors (Lipinski definition) is 5. The smallest absolute Gasteiger partial charge is 0.475 e. The molecule has 2 aliphatic rings. The Hall–Kier alpha value is -2.66. The van der Waals surface area contributed by atoms with Crippen molar-refractivity contribution in [3.8, 4) is 0 Å².